The highest BCUT2D eigenvalue weighted by Crippen LogP contribution is 2.19. The fourth-order valence-electron chi connectivity index (χ4n) is 2.05. The number of unbranched alkanes of at least 4 members (excludes halogenated alkanes) is 4. The van der Waals surface area contributed by atoms with Gasteiger partial charge in [-0.2, -0.15) is 0 Å². The Morgan fingerprint density at radius 2 is 1.39 bits per heavy atom. The lowest BCUT2D eigenvalue weighted by Gasteiger charge is -2.10. The molecule has 4 nitrogen and oxygen atoms in total. The Balaban J connectivity index is 2.71. The van der Waals surface area contributed by atoms with Crippen LogP contribution in [0.4, 0.5) is 0 Å². The molecule has 128 valence electrons. The van der Waals surface area contributed by atoms with Crippen LogP contribution in [0, 0.1) is 0 Å². The SMILES string of the molecule is CCCCCOC(=O)c1ccc(Cl)cc1C(=O)OCCCCC. The summed E-state index contributed by atoms with van der Waals surface area (Å²) >= 11 is 5.94. The van der Waals surface area contributed by atoms with Crippen LogP contribution in [-0.2, 0) is 9.47 Å². The lowest BCUT2D eigenvalue weighted by molar-refractivity contribution is 0.0451. The molecule has 23 heavy (non-hydrogen) atoms. The quantitative estimate of drug-likeness (QED) is 0.442. The van der Waals surface area contributed by atoms with E-state index in [2.05, 4.69) is 13.8 Å². The lowest BCUT2D eigenvalue weighted by atomic mass is 10.1. The van der Waals surface area contributed by atoms with Crippen LogP contribution in [0.25, 0.3) is 0 Å². The smallest absolute Gasteiger partial charge is 0.339 e. The summed E-state index contributed by atoms with van der Waals surface area (Å²) in [5.74, 6) is -1.05. The summed E-state index contributed by atoms with van der Waals surface area (Å²) in [6.07, 6.45) is 5.71. The molecule has 1 aromatic rings. The average Bonchev–Trinajstić information content (AvgIpc) is 2.55. The minimum atomic E-state index is -0.538. The summed E-state index contributed by atoms with van der Waals surface area (Å²) in [5, 5.41) is 0.382. The van der Waals surface area contributed by atoms with Crippen LogP contribution in [0.1, 0.15) is 73.1 Å². The highest BCUT2D eigenvalue weighted by atomic mass is 35.5. The first-order valence-electron chi connectivity index (χ1n) is 8.24. The normalized spacial score (nSPS) is 10.4. The molecule has 0 amide bonds. The van der Waals surface area contributed by atoms with Crippen molar-refractivity contribution in [2.75, 3.05) is 13.2 Å². The molecular formula is C18H25ClO4. The zero-order chi connectivity index (χ0) is 17.1. The van der Waals surface area contributed by atoms with Gasteiger partial charge in [0.1, 0.15) is 0 Å². The number of carbonyl (C=O) groups is 2. The number of halogens is 1. The molecule has 0 saturated carbocycles. The maximum absolute atomic E-state index is 12.2. The van der Waals surface area contributed by atoms with Crippen molar-refractivity contribution in [1.82, 2.24) is 0 Å². The second-order valence-corrected chi connectivity index (χ2v) is 5.81. The van der Waals surface area contributed by atoms with Gasteiger partial charge in [-0.15, -0.1) is 0 Å². The van der Waals surface area contributed by atoms with Crippen molar-refractivity contribution < 1.29 is 19.1 Å². The molecule has 0 fully saturated rings. The summed E-state index contributed by atoms with van der Waals surface area (Å²) in [6.45, 7) is 4.84. The largest absolute Gasteiger partial charge is 0.462 e. The van der Waals surface area contributed by atoms with Gasteiger partial charge in [0.15, 0.2) is 0 Å². The first-order valence-corrected chi connectivity index (χ1v) is 8.61. The van der Waals surface area contributed by atoms with Crippen molar-refractivity contribution in [3.05, 3.63) is 34.3 Å². The standard InChI is InChI=1S/C18H25ClO4/c1-3-5-7-11-22-17(20)15-10-9-14(19)13-16(15)18(21)23-12-8-6-4-2/h9-10,13H,3-8,11-12H2,1-2H3. The molecule has 0 unspecified atom stereocenters. The summed E-state index contributed by atoms with van der Waals surface area (Å²) < 4.78 is 10.4. The van der Waals surface area contributed by atoms with Crippen molar-refractivity contribution in [2.45, 2.75) is 52.4 Å². The second kappa shape index (κ2) is 11.1. The van der Waals surface area contributed by atoms with Gasteiger partial charge in [0, 0.05) is 5.02 Å². The molecule has 1 aromatic carbocycles. The monoisotopic (exact) mass is 340 g/mol. The molecular weight excluding hydrogens is 316 g/mol. The summed E-state index contributed by atoms with van der Waals surface area (Å²) in [6, 6.07) is 4.53. The summed E-state index contributed by atoms with van der Waals surface area (Å²) in [5.41, 5.74) is 0.362. The van der Waals surface area contributed by atoms with Crippen LogP contribution < -0.4 is 0 Å². The van der Waals surface area contributed by atoms with E-state index >= 15 is 0 Å². The van der Waals surface area contributed by atoms with E-state index in [0.29, 0.717) is 18.2 Å². The highest BCUT2D eigenvalue weighted by molar-refractivity contribution is 6.31. The Hall–Kier alpha value is -1.55. The van der Waals surface area contributed by atoms with Gasteiger partial charge in [-0.1, -0.05) is 51.1 Å². The van der Waals surface area contributed by atoms with Crippen molar-refractivity contribution in [2.24, 2.45) is 0 Å². The topological polar surface area (TPSA) is 52.6 Å². The summed E-state index contributed by atoms with van der Waals surface area (Å²) in [7, 11) is 0. The molecule has 1 rings (SSSR count). The van der Waals surface area contributed by atoms with Gasteiger partial charge in [-0.3, -0.25) is 0 Å². The zero-order valence-electron chi connectivity index (χ0n) is 13.9. The number of ether oxygens (including phenoxy) is 2. The van der Waals surface area contributed by atoms with Crippen LogP contribution in [0.2, 0.25) is 5.02 Å². The van der Waals surface area contributed by atoms with E-state index < -0.39 is 11.9 Å². The van der Waals surface area contributed by atoms with Crippen molar-refractivity contribution in [3.8, 4) is 0 Å². The van der Waals surface area contributed by atoms with Gasteiger partial charge in [-0.25, -0.2) is 9.59 Å². The lowest BCUT2D eigenvalue weighted by Crippen LogP contribution is -2.15. The molecule has 0 N–H and O–H groups in total. The fourth-order valence-corrected chi connectivity index (χ4v) is 2.22. The minimum absolute atomic E-state index is 0.162. The third-order valence-corrected chi connectivity index (χ3v) is 3.62. The van der Waals surface area contributed by atoms with E-state index in [4.69, 9.17) is 21.1 Å². The predicted molar refractivity (Wildman–Crippen MR) is 91.1 cm³/mol. The molecule has 0 aromatic heterocycles. The number of benzene rings is 1. The van der Waals surface area contributed by atoms with E-state index in [-0.39, 0.29) is 11.1 Å². The molecule has 5 heteroatoms. The van der Waals surface area contributed by atoms with E-state index in [1.807, 2.05) is 0 Å². The fraction of sp³-hybridized carbons (Fsp3) is 0.556. The molecule has 0 bridgehead atoms. The van der Waals surface area contributed by atoms with Gasteiger partial charge >= 0.3 is 11.9 Å². The van der Waals surface area contributed by atoms with Crippen molar-refractivity contribution in [1.29, 1.82) is 0 Å². The molecule has 0 atom stereocenters. The van der Waals surface area contributed by atoms with Crippen LogP contribution in [0.15, 0.2) is 18.2 Å². The molecule has 0 radical (unpaired) electrons. The van der Waals surface area contributed by atoms with Gasteiger partial charge in [0.2, 0.25) is 0 Å². The summed E-state index contributed by atoms with van der Waals surface area (Å²) in [4.78, 5) is 24.3. The van der Waals surface area contributed by atoms with E-state index in [0.717, 1.165) is 38.5 Å². The van der Waals surface area contributed by atoms with E-state index in [9.17, 15) is 9.59 Å². The Bertz CT molecular complexity index is 514. The predicted octanol–water partition coefficient (Wildman–Crippen LogP) is 5.03. The Kier molecular flexibility index (Phi) is 9.37. The molecule has 0 saturated heterocycles. The molecule has 0 heterocycles. The van der Waals surface area contributed by atoms with Crippen LogP contribution >= 0.6 is 11.6 Å². The minimum Gasteiger partial charge on any atom is -0.462 e. The first-order chi connectivity index (χ1) is 11.1. The maximum Gasteiger partial charge on any atom is 0.339 e. The third kappa shape index (κ3) is 7.04. The number of esters is 2. The first kappa shape index (κ1) is 19.5. The van der Waals surface area contributed by atoms with Crippen molar-refractivity contribution in [3.63, 3.8) is 0 Å². The van der Waals surface area contributed by atoms with Gasteiger partial charge in [-0.05, 0) is 31.0 Å². The van der Waals surface area contributed by atoms with Crippen LogP contribution in [0.5, 0.6) is 0 Å². The Morgan fingerprint density at radius 1 is 0.870 bits per heavy atom. The third-order valence-electron chi connectivity index (χ3n) is 3.38. The average molecular weight is 341 g/mol. The van der Waals surface area contributed by atoms with Gasteiger partial charge < -0.3 is 9.47 Å². The van der Waals surface area contributed by atoms with Gasteiger partial charge in [0.25, 0.3) is 0 Å². The molecule has 0 aliphatic carbocycles. The van der Waals surface area contributed by atoms with E-state index in [1.165, 1.54) is 12.1 Å². The number of hydrogen-bond acceptors (Lipinski definition) is 4. The van der Waals surface area contributed by atoms with E-state index in [1.54, 1.807) is 6.07 Å². The Morgan fingerprint density at radius 3 is 1.91 bits per heavy atom. The van der Waals surface area contributed by atoms with Gasteiger partial charge in [0.05, 0.1) is 24.3 Å². The number of rotatable bonds is 10. The molecule has 0 aliphatic heterocycles. The molecule has 0 spiro atoms. The highest BCUT2D eigenvalue weighted by Gasteiger charge is 2.20. The number of carbonyl (C=O) groups excluding carboxylic acids is 2. The van der Waals surface area contributed by atoms with Crippen LogP contribution in [-0.4, -0.2) is 25.2 Å². The molecule has 0 aliphatic rings. The second-order valence-electron chi connectivity index (χ2n) is 5.38. The number of hydrogen-bond donors (Lipinski definition) is 0. The Labute approximate surface area is 143 Å². The maximum atomic E-state index is 12.2. The zero-order valence-corrected chi connectivity index (χ0v) is 14.7. The van der Waals surface area contributed by atoms with Crippen molar-refractivity contribution >= 4 is 23.5 Å². The van der Waals surface area contributed by atoms with Crippen LogP contribution in [0.3, 0.4) is 0 Å².